The van der Waals surface area contributed by atoms with Gasteiger partial charge in [-0.2, -0.15) is 4.31 Å². The van der Waals surface area contributed by atoms with E-state index in [2.05, 4.69) is 15.9 Å². The number of likely N-dealkylation sites (N-methyl/N-ethyl adjacent to an activating group) is 1. The van der Waals surface area contributed by atoms with E-state index in [0.29, 0.717) is 26.2 Å². The molecule has 8 heteroatoms. The monoisotopic (exact) mass is 403 g/mol. The highest BCUT2D eigenvalue weighted by Gasteiger charge is 2.32. The maximum absolute atomic E-state index is 12.7. The summed E-state index contributed by atoms with van der Waals surface area (Å²) >= 11 is 3.30. The number of rotatable bonds is 4. The average Bonchev–Trinajstić information content (AvgIpc) is 2.53. The number of piperazine rings is 1. The van der Waals surface area contributed by atoms with Crippen molar-refractivity contribution in [3.05, 3.63) is 28.7 Å². The van der Waals surface area contributed by atoms with E-state index in [0.717, 1.165) is 4.47 Å². The highest BCUT2D eigenvalue weighted by atomic mass is 79.9. The lowest BCUT2D eigenvalue weighted by Crippen LogP contribution is -2.54. The summed E-state index contributed by atoms with van der Waals surface area (Å²) in [5.74, 6) is 0.0355. The SMILES string of the molecule is C[C@@H](C(=O)N(C)C)N1CCN(S(=O)(=O)c2cccc(Br)c2)CC1. The van der Waals surface area contributed by atoms with Crippen molar-refractivity contribution in [2.75, 3.05) is 40.3 Å². The molecule has 0 saturated carbocycles. The molecule has 1 aliphatic rings. The number of halogens is 1. The van der Waals surface area contributed by atoms with Gasteiger partial charge in [-0.15, -0.1) is 0 Å². The molecule has 0 radical (unpaired) electrons. The number of hydrogen-bond donors (Lipinski definition) is 0. The second kappa shape index (κ2) is 7.29. The fourth-order valence-corrected chi connectivity index (χ4v) is 4.66. The Morgan fingerprint density at radius 1 is 1.22 bits per heavy atom. The lowest BCUT2D eigenvalue weighted by molar-refractivity contribution is -0.134. The number of benzene rings is 1. The quantitative estimate of drug-likeness (QED) is 0.758. The van der Waals surface area contributed by atoms with Crippen LogP contribution in [0.15, 0.2) is 33.6 Å². The molecular weight excluding hydrogens is 382 g/mol. The van der Waals surface area contributed by atoms with Crippen molar-refractivity contribution in [1.29, 1.82) is 0 Å². The molecule has 0 bridgehead atoms. The Bertz CT molecular complexity index is 670. The van der Waals surface area contributed by atoms with Crippen molar-refractivity contribution in [2.45, 2.75) is 17.9 Å². The third-order valence-electron chi connectivity index (χ3n) is 4.05. The molecule has 1 saturated heterocycles. The molecule has 1 heterocycles. The summed E-state index contributed by atoms with van der Waals surface area (Å²) in [6, 6.07) is 6.49. The molecule has 1 atom stereocenters. The Morgan fingerprint density at radius 2 is 1.83 bits per heavy atom. The maximum Gasteiger partial charge on any atom is 0.243 e. The van der Waals surface area contributed by atoms with Crippen LogP contribution in [0.1, 0.15) is 6.92 Å². The number of nitrogens with zero attached hydrogens (tertiary/aromatic N) is 3. The van der Waals surface area contributed by atoms with Crippen LogP contribution in [0.3, 0.4) is 0 Å². The molecule has 0 unspecified atom stereocenters. The van der Waals surface area contributed by atoms with Crippen LogP contribution in [0.2, 0.25) is 0 Å². The predicted octanol–water partition coefficient (Wildman–Crippen LogP) is 1.23. The second-order valence-electron chi connectivity index (χ2n) is 5.81. The van der Waals surface area contributed by atoms with Crippen LogP contribution in [0.4, 0.5) is 0 Å². The van der Waals surface area contributed by atoms with Crippen molar-refractivity contribution in [2.24, 2.45) is 0 Å². The van der Waals surface area contributed by atoms with Gasteiger partial charge in [0, 0.05) is 44.7 Å². The molecule has 1 aromatic rings. The smallest absolute Gasteiger partial charge is 0.243 e. The summed E-state index contributed by atoms with van der Waals surface area (Å²) < 4.78 is 27.6. The van der Waals surface area contributed by atoms with Crippen LogP contribution in [-0.4, -0.2) is 74.7 Å². The summed E-state index contributed by atoms with van der Waals surface area (Å²) in [5.41, 5.74) is 0. The van der Waals surface area contributed by atoms with Gasteiger partial charge in [-0.3, -0.25) is 9.69 Å². The first-order valence-corrected chi connectivity index (χ1v) is 9.67. The average molecular weight is 404 g/mol. The molecule has 2 rings (SSSR count). The van der Waals surface area contributed by atoms with Gasteiger partial charge in [0.25, 0.3) is 0 Å². The number of carbonyl (C=O) groups excluding carboxylic acids is 1. The highest BCUT2D eigenvalue weighted by Crippen LogP contribution is 2.21. The van der Waals surface area contributed by atoms with Gasteiger partial charge in [0.2, 0.25) is 15.9 Å². The molecule has 1 fully saturated rings. The molecule has 23 heavy (non-hydrogen) atoms. The summed E-state index contributed by atoms with van der Waals surface area (Å²) in [4.78, 5) is 15.9. The van der Waals surface area contributed by atoms with Gasteiger partial charge < -0.3 is 4.90 Å². The molecule has 0 aromatic heterocycles. The fourth-order valence-electron chi connectivity index (χ4n) is 2.64. The van der Waals surface area contributed by atoms with Gasteiger partial charge in [-0.05, 0) is 25.1 Å². The molecule has 0 spiro atoms. The number of amides is 1. The van der Waals surface area contributed by atoms with Gasteiger partial charge in [-0.25, -0.2) is 8.42 Å². The predicted molar refractivity (Wildman–Crippen MR) is 92.6 cm³/mol. The molecule has 128 valence electrons. The summed E-state index contributed by atoms with van der Waals surface area (Å²) in [7, 11) is -0.0310. The summed E-state index contributed by atoms with van der Waals surface area (Å²) in [6.07, 6.45) is 0. The Hall–Kier alpha value is -0.960. The van der Waals surface area contributed by atoms with Crippen LogP contribution >= 0.6 is 15.9 Å². The van der Waals surface area contributed by atoms with Crippen LogP contribution < -0.4 is 0 Å². The number of carbonyl (C=O) groups is 1. The van der Waals surface area contributed by atoms with Gasteiger partial charge >= 0.3 is 0 Å². The Kier molecular flexibility index (Phi) is 5.83. The fraction of sp³-hybridized carbons (Fsp3) is 0.533. The topological polar surface area (TPSA) is 60.9 Å². The van der Waals surface area contributed by atoms with Crippen molar-refractivity contribution >= 4 is 31.9 Å². The first-order valence-electron chi connectivity index (χ1n) is 7.44. The van der Waals surface area contributed by atoms with E-state index < -0.39 is 10.0 Å². The maximum atomic E-state index is 12.7. The zero-order valence-electron chi connectivity index (χ0n) is 13.6. The minimum absolute atomic E-state index is 0.0355. The molecule has 0 N–H and O–H groups in total. The van der Waals surface area contributed by atoms with Gasteiger partial charge in [-0.1, -0.05) is 22.0 Å². The summed E-state index contributed by atoms with van der Waals surface area (Å²) in [6.45, 7) is 3.74. The standard InChI is InChI=1S/C15H22BrN3O3S/c1-12(15(20)17(2)3)18-7-9-19(10-8-18)23(21,22)14-6-4-5-13(16)11-14/h4-6,11-12H,7-10H2,1-3H3/t12-/m0/s1. The highest BCUT2D eigenvalue weighted by molar-refractivity contribution is 9.10. The van der Waals surface area contributed by atoms with Crippen molar-refractivity contribution in [3.63, 3.8) is 0 Å². The lowest BCUT2D eigenvalue weighted by atomic mass is 10.2. The van der Waals surface area contributed by atoms with Crippen LogP contribution in [0.5, 0.6) is 0 Å². The Balaban J connectivity index is 2.05. The van der Waals surface area contributed by atoms with Crippen LogP contribution in [0, 0.1) is 0 Å². The zero-order chi connectivity index (χ0) is 17.2. The summed E-state index contributed by atoms with van der Waals surface area (Å²) in [5, 5.41) is 0. The van der Waals surface area contributed by atoms with Crippen LogP contribution in [0.25, 0.3) is 0 Å². The molecule has 6 nitrogen and oxygen atoms in total. The van der Waals surface area contributed by atoms with Crippen molar-refractivity contribution in [3.8, 4) is 0 Å². The largest absolute Gasteiger partial charge is 0.347 e. The minimum Gasteiger partial charge on any atom is -0.347 e. The van der Waals surface area contributed by atoms with E-state index >= 15 is 0 Å². The molecular formula is C15H22BrN3O3S. The first-order chi connectivity index (χ1) is 10.7. The Labute approximate surface area is 146 Å². The van der Waals surface area contributed by atoms with E-state index in [1.165, 1.54) is 4.31 Å². The van der Waals surface area contributed by atoms with Gasteiger partial charge in [0.1, 0.15) is 0 Å². The third kappa shape index (κ3) is 4.12. The minimum atomic E-state index is -3.49. The number of hydrogen-bond acceptors (Lipinski definition) is 4. The van der Waals surface area contributed by atoms with E-state index in [4.69, 9.17) is 0 Å². The first kappa shape index (κ1) is 18.4. The van der Waals surface area contributed by atoms with E-state index in [9.17, 15) is 13.2 Å². The van der Waals surface area contributed by atoms with E-state index in [1.54, 1.807) is 43.3 Å². The normalized spacial score (nSPS) is 18.6. The Morgan fingerprint density at radius 3 is 2.35 bits per heavy atom. The zero-order valence-corrected chi connectivity index (χ0v) is 16.0. The number of sulfonamides is 1. The van der Waals surface area contributed by atoms with E-state index in [-0.39, 0.29) is 16.8 Å². The van der Waals surface area contributed by atoms with Crippen LogP contribution in [-0.2, 0) is 14.8 Å². The van der Waals surface area contributed by atoms with Crippen molar-refractivity contribution in [1.82, 2.24) is 14.1 Å². The molecule has 1 aliphatic heterocycles. The molecule has 1 amide bonds. The van der Waals surface area contributed by atoms with E-state index in [1.807, 2.05) is 11.8 Å². The second-order valence-corrected chi connectivity index (χ2v) is 8.66. The molecule has 0 aliphatic carbocycles. The third-order valence-corrected chi connectivity index (χ3v) is 6.44. The lowest BCUT2D eigenvalue weighted by Gasteiger charge is -2.37. The molecule has 1 aromatic carbocycles. The van der Waals surface area contributed by atoms with Crippen molar-refractivity contribution < 1.29 is 13.2 Å². The van der Waals surface area contributed by atoms with Gasteiger partial charge in [0.05, 0.1) is 10.9 Å². The van der Waals surface area contributed by atoms with Gasteiger partial charge in [0.15, 0.2) is 0 Å².